The summed E-state index contributed by atoms with van der Waals surface area (Å²) in [7, 11) is 0. The molecule has 0 aliphatic heterocycles. The topological polar surface area (TPSA) is 43.4 Å². The summed E-state index contributed by atoms with van der Waals surface area (Å²) in [6.07, 6.45) is 0.270. The van der Waals surface area contributed by atoms with E-state index in [9.17, 15) is 9.59 Å². The molecule has 0 bridgehead atoms. The largest absolute Gasteiger partial charge is 0.459 e. The van der Waals surface area contributed by atoms with E-state index >= 15 is 0 Å². The van der Waals surface area contributed by atoms with Crippen LogP contribution in [0.5, 0.6) is 0 Å². The average molecular weight is 158 g/mol. The van der Waals surface area contributed by atoms with E-state index in [0.717, 1.165) is 0 Å². The van der Waals surface area contributed by atoms with Crippen LogP contribution in [-0.4, -0.2) is 17.4 Å². The lowest BCUT2D eigenvalue weighted by atomic mass is 10.0. The highest BCUT2D eigenvalue weighted by molar-refractivity contribution is 5.77. The average Bonchev–Trinajstić information content (AvgIpc) is 1.53. The molecule has 0 aromatic heterocycles. The lowest BCUT2D eigenvalue weighted by Gasteiger charge is -2.22. The number of ketones is 1. The Morgan fingerprint density at radius 2 is 1.73 bits per heavy atom. The van der Waals surface area contributed by atoms with Gasteiger partial charge in [-0.2, -0.15) is 0 Å². The fourth-order valence-corrected chi connectivity index (χ4v) is 1.02. The van der Waals surface area contributed by atoms with E-state index in [1.165, 1.54) is 13.8 Å². The van der Waals surface area contributed by atoms with Gasteiger partial charge < -0.3 is 4.74 Å². The molecule has 64 valence electrons. The minimum absolute atomic E-state index is 0.0243. The molecular weight excluding hydrogens is 144 g/mol. The summed E-state index contributed by atoms with van der Waals surface area (Å²) in [5.74, 6) is -0.326. The highest BCUT2D eigenvalue weighted by Crippen LogP contribution is 2.14. The third-order valence-electron chi connectivity index (χ3n) is 1.09. The van der Waals surface area contributed by atoms with Gasteiger partial charge in [0.2, 0.25) is 0 Å². The molecule has 0 unspecified atom stereocenters. The van der Waals surface area contributed by atoms with Gasteiger partial charge in [-0.05, 0) is 20.8 Å². The molecule has 0 aliphatic rings. The molecule has 0 amide bonds. The summed E-state index contributed by atoms with van der Waals surface area (Å²) < 4.78 is 4.89. The highest BCUT2D eigenvalue weighted by atomic mass is 16.6. The second kappa shape index (κ2) is 3.51. The number of esters is 1. The van der Waals surface area contributed by atoms with E-state index in [0.29, 0.717) is 0 Å². The molecule has 3 nitrogen and oxygen atoms in total. The van der Waals surface area contributed by atoms with Crippen molar-refractivity contribution in [2.24, 2.45) is 0 Å². The maximum Gasteiger partial charge on any atom is 0.303 e. The molecule has 0 aliphatic carbocycles. The van der Waals surface area contributed by atoms with Crippen molar-refractivity contribution in [3.63, 3.8) is 0 Å². The molecule has 11 heavy (non-hydrogen) atoms. The minimum Gasteiger partial charge on any atom is -0.459 e. The van der Waals surface area contributed by atoms with Gasteiger partial charge in [0.1, 0.15) is 11.4 Å². The van der Waals surface area contributed by atoms with Crippen LogP contribution in [-0.2, 0) is 14.3 Å². The van der Waals surface area contributed by atoms with Crippen LogP contribution in [0.25, 0.3) is 0 Å². The van der Waals surface area contributed by atoms with Crippen molar-refractivity contribution in [1.82, 2.24) is 0 Å². The maximum atomic E-state index is 10.6. The van der Waals surface area contributed by atoms with Gasteiger partial charge in [-0.3, -0.25) is 9.59 Å². The summed E-state index contributed by atoms with van der Waals surface area (Å²) in [6, 6.07) is 0. The molecule has 0 spiro atoms. The zero-order valence-electron chi connectivity index (χ0n) is 7.43. The molecule has 0 aromatic rings. The summed E-state index contributed by atoms with van der Waals surface area (Å²) in [4.78, 5) is 21.2. The van der Waals surface area contributed by atoms with Gasteiger partial charge in [-0.1, -0.05) is 0 Å². The molecule has 0 saturated heterocycles. The lowest BCUT2D eigenvalue weighted by molar-refractivity contribution is -0.155. The Hall–Kier alpha value is -0.860. The van der Waals surface area contributed by atoms with Gasteiger partial charge in [0.25, 0.3) is 0 Å². The summed E-state index contributed by atoms with van der Waals surface area (Å²) in [5, 5.41) is 0. The van der Waals surface area contributed by atoms with Gasteiger partial charge in [0.15, 0.2) is 0 Å². The van der Waals surface area contributed by atoms with Crippen molar-refractivity contribution in [2.75, 3.05) is 0 Å². The predicted octanol–water partition coefficient (Wildman–Crippen LogP) is 1.31. The summed E-state index contributed by atoms with van der Waals surface area (Å²) in [6.45, 7) is 6.25. The van der Waals surface area contributed by atoms with Crippen molar-refractivity contribution < 1.29 is 14.3 Å². The second-order valence-electron chi connectivity index (χ2n) is 3.23. The van der Waals surface area contributed by atoms with Crippen molar-refractivity contribution in [2.45, 2.75) is 39.7 Å². The lowest BCUT2D eigenvalue weighted by Crippen LogP contribution is -2.29. The Labute approximate surface area is 66.7 Å². The smallest absolute Gasteiger partial charge is 0.303 e. The third-order valence-corrected chi connectivity index (χ3v) is 1.09. The Kier molecular flexibility index (Phi) is 3.23. The molecule has 3 heteroatoms. The zero-order chi connectivity index (χ0) is 9.07. The van der Waals surface area contributed by atoms with Crippen molar-refractivity contribution in [1.29, 1.82) is 0 Å². The number of carbonyl (C=O) groups excluding carboxylic acids is 2. The number of carbonyl (C=O) groups is 2. The number of Topliss-reactive ketones (excluding diaryl/α,β-unsaturated/α-hetero) is 1. The number of hydrogen-bond donors (Lipinski definition) is 0. The SMILES string of the molecule is CC(=O)CC(C)(C)OC(C)=O. The van der Waals surface area contributed by atoms with Gasteiger partial charge in [0, 0.05) is 13.3 Å². The van der Waals surface area contributed by atoms with E-state index in [1.807, 2.05) is 0 Å². The zero-order valence-corrected chi connectivity index (χ0v) is 7.43. The first-order chi connectivity index (χ1) is 4.83. The number of rotatable bonds is 3. The van der Waals surface area contributed by atoms with Gasteiger partial charge in [-0.15, -0.1) is 0 Å². The molecule has 0 saturated carbocycles. The quantitative estimate of drug-likeness (QED) is 0.581. The molecule has 0 rings (SSSR count). The molecule has 0 fully saturated rings. The minimum atomic E-state index is -0.655. The van der Waals surface area contributed by atoms with E-state index < -0.39 is 5.60 Å². The Morgan fingerprint density at radius 1 is 1.27 bits per heavy atom. The Morgan fingerprint density at radius 3 is 2.00 bits per heavy atom. The van der Waals surface area contributed by atoms with Crippen LogP contribution in [0.2, 0.25) is 0 Å². The monoisotopic (exact) mass is 158 g/mol. The Bertz CT molecular complexity index is 152. The van der Waals surface area contributed by atoms with Crippen LogP contribution in [0.4, 0.5) is 0 Å². The van der Waals surface area contributed by atoms with Crippen LogP contribution in [0.15, 0.2) is 0 Å². The first-order valence-corrected chi connectivity index (χ1v) is 3.52. The standard InChI is InChI=1S/C8H14O3/c1-6(9)5-8(3,4)11-7(2)10/h5H2,1-4H3. The molecular formula is C8H14O3. The highest BCUT2D eigenvalue weighted by Gasteiger charge is 2.22. The first-order valence-electron chi connectivity index (χ1n) is 3.52. The number of ether oxygens (including phenoxy) is 1. The fraction of sp³-hybridized carbons (Fsp3) is 0.750. The summed E-state index contributed by atoms with van der Waals surface area (Å²) in [5.41, 5.74) is -0.655. The number of hydrogen-bond acceptors (Lipinski definition) is 3. The normalized spacial score (nSPS) is 10.9. The van der Waals surface area contributed by atoms with E-state index in [2.05, 4.69) is 0 Å². The van der Waals surface area contributed by atoms with Crippen LogP contribution in [0.1, 0.15) is 34.1 Å². The molecule has 0 atom stereocenters. The van der Waals surface area contributed by atoms with Gasteiger partial charge >= 0.3 is 5.97 Å². The van der Waals surface area contributed by atoms with Crippen LogP contribution in [0, 0.1) is 0 Å². The van der Waals surface area contributed by atoms with Gasteiger partial charge in [0.05, 0.1) is 0 Å². The first kappa shape index (κ1) is 10.1. The van der Waals surface area contributed by atoms with Crippen molar-refractivity contribution in [3.05, 3.63) is 0 Å². The molecule has 0 aromatic carbocycles. The van der Waals surface area contributed by atoms with Crippen LogP contribution < -0.4 is 0 Å². The van der Waals surface area contributed by atoms with E-state index in [1.54, 1.807) is 13.8 Å². The van der Waals surface area contributed by atoms with E-state index in [-0.39, 0.29) is 18.2 Å². The van der Waals surface area contributed by atoms with Crippen molar-refractivity contribution in [3.8, 4) is 0 Å². The molecule has 0 radical (unpaired) electrons. The van der Waals surface area contributed by atoms with Gasteiger partial charge in [-0.25, -0.2) is 0 Å². The predicted molar refractivity (Wildman–Crippen MR) is 41.1 cm³/mol. The van der Waals surface area contributed by atoms with E-state index in [4.69, 9.17) is 4.74 Å². The second-order valence-corrected chi connectivity index (χ2v) is 3.23. The summed E-state index contributed by atoms with van der Waals surface area (Å²) >= 11 is 0. The maximum absolute atomic E-state index is 10.6. The third kappa shape index (κ3) is 5.58. The van der Waals surface area contributed by atoms with Crippen LogP contribution in [0.3, 0.4) is 0 Å². The molecule has 0 N–H and O–H groups in total. The Balaban J connectivity index is 3.99. The van der Waals surface area contributed by atoms with Crippen molar-refractivity contribution >= 4 is 11.8 Å². The van der Waals surface area contributed by atoms with Crippen LogP contribution >= 0.6 is 0 Å². The fourth-order valence-electron chi connectivity index (χ4n) is 1.02. The molecule has 0 heterocycles.